The summed E-state index contributed by atoms with van der Waals surface area (Å²) in [4.78, 5) is 3.85. The van der Waals surface area contributed by atoms with E-state index in [9.17, 15) is 4.39 Å². The van der Waals surface area contributed by atoms with Gasteiger partial charge in [0.1, 0.15) is 11.6 Å². The predicted octanol–water partition coefficient (Wildman–Crippen LogP) is 3.66. The molecular formula is C10H3BrClFN2. The Hall–Kier alpha value is -1.18. The van der Waals surface area contributed by atoms with E-state index < -0.39 is 5.82 Å². The van der Waals surface area contributed by atoms with Crippen LogP contribution >= 0.6 is 27.5 Å². The zero-order chi connectivity index (χ0) is 11.0. The van der Waals surface area contributed by atoms with Gasteiger partial charge in [-0.2, -0.15) is 5.26 Å². The van der Waals surface area contributed by atoms with Crippen LogP contribution in [0, 0.1) is 17.1 Å². The first-order valence-corrected chi connectivity index (χ1v) is 5.14. The molecule has 0 aliphatic heterocycles. The van der Waals surface area contributed by atoms with Crippen molar-refractivity contribution in [3.63, 3.8) is 0 Å². The smallest absolute Gasteiger partial charge is 0.150 e. The molecule has 0 aliphatic rings. The van der Waals surface area contributed by atoms with Crippen LogP contribution in [0.2, 0.25) is 5.02 Å². The lowest BCUT2D eigenvalue weighted by molar-refractivity contribution is 0.636. The van der Waals surface area contributed by atoms with Gasteiger partial charge in [-0.3, -0.25) is 4.98 Å². The second kappa shape index (κ2) is 3.76. The quantitative estimate of drug-likeness (QED) is 0.740. The third-order valence-corrected chi connectivity index (χ3v) is 2.81. The van der Waals surface area contributed by atoms with Crippen LogP contribution in [0.25, 0.3) is 10.9 Å². The van der Waals surface area contributed by atoms with Crippen molar-refractivity contribution in [1.82, 2.24) is 4.98 Å². The lowest BCUT2D eigenvalue weighted by Gasteiger charge is -2.03. The summed E-state index contributed by atoms with van der Waals surface area (Å²) < 4.78 is 14.0. The molecule has 0 spiro atoms. The fraction of sp³-hybridized carbons (Fsp3) is 0. The van der Waals surface area contributed by atoms with Crippen molar-refractivity contribution in [2.24, 2.45) is 0 Å². The van der Waals surface area contributed by atoms with Crippen LogP contribution in [0.1, 0.15) is 5.56 Å². The van der Waals surface area contributed by atoms with E-state index in [2.05, 4.69) is 20.9 Å². The molecule has 74 valence electrons. The van der Waals surface area contributed by atoms with Gasteiger partial charge < -0.3 is 0 Å². The van der Waals surface area contributed by atoms with Gasteiger partial charge in [-0.1, -0.05) is 27.5 Å². The molecular weight excluding hydrogens is 282 g/mol. The molecule has 0 fully saturated rings. The summed E-state index contributed by atoms with van der Waals surface area (Å²) in [7, 11) is 0. The largest absolute Gasteiger partial charge is 0.252 e. The minimum atomic E-state index is -0.467. The summed E-state index contributed by atoms with van der Waals surface area (Å²) in [6, 6.07) is 4.83. The van der Waals surface area contributed by atoms with Crippen molar-refractivity contribution in [3.8, 4) is 6.07 Å². The molecule has 1 aromatic carbocycles. The molecule has 0 atom stereocenters. The van der Waals surface area contributed by atoms with Gasteiger partial charge in [0.15, 0.2) is 5.82 Å². The first kappa shape index (κ1) is 10.3. The van der Waals surface area contributed by atoms with E-state index in [0.717, 1.165) is 0 Å². The average Bonchev–Trinajstić information content (AvgIpc) is 2.19. The predicted molar refractivity (Wildman–Crippen MR) is 59.1 cm³/mol. The number of rotatable bonds is 0. The van der Waals surface area contributed by atoms with Gasteiger partial charge >= 0.3 is 0 Å². The molecule has 2 nitrogen and oxygen atoms in total. The number of nitriles is 1. The van der Waals surface area contributed by atoms with Crippen molar-refractivity contribution in [3.05, 3.63) is 39.2 Å². The standard InChI is InChI=1S/C10H3BrClFN2/c11-6-1-7-9(12)5(3-14)4-15-10(7)8(13)2-6/h1-2,4H. The highest BCUT2D eigenvalue weighted by atomic mass is 79.9. The Morgan fingerprint density at radius 1 is 1.47 bits per heavy atom. The summed E-state index contributed by atoms with van der Waals surface area (Å²) in [6.07, 6.45) is 1.27. The van der Waals surface area contributed by atoms with Crippen LogP contribution in [0.4, 0.5) is 4.39 Å². The molecule has 0 saturated carbocycles. The Labute approximate surface area is 98.4 Å². The van der Waals surface area contributed by atoms with Gasteiger partial charge in [0.25, 0.3) is 0 Å². The maximum Gasteiger partial charge on any atom is 0.150 e. The third kappa shape index (κ3) is 1.69. The topological polar surface area (TPSA) is 36.7 Å². The molecule has 0 unspecified atom stereocenters. The summed E-state index contributed by atoms with van der Waals surface area (Å²) >= 11 is 9.09. The van der Waals surface area contributed by atoms with Crippen LogP contribution in [-0.4, -0.2) is 4.98 Å². The van der Waals surface area contributed by atoms with Crippen LogP contribution in [0.5, 0.6) is 0 Å². The maximum absolute atomic E-state index is 13.4. The fourth-order valence-corrected chi connectivity index (χ4v) is 1.94. The van der Waals surface area contributed by atoms with Crippen LogP contribution in [0.3, 0.4) is 0 Å². The number of pyridine rings is 1. The third-order valence-electron chi connectivity index (χ3n) is 1.94. The lowest BCUT2D eigenvalue weighted by atomic mass is 10.1. The van der Waals surface area contributed by atoms with Gasteiger partial charge in [-0.05, 0) is 12.1 Å². The zero-order valence-corrected chi connectivity index (χ0v) is 9.60. The Morgan fingerprint density at radius 3 is 2.87 bits per heavy atom. The number of benzene rings is 1. The Morgan fingerprint density at radius 2 is 2.20 bits per heavy atom. The second-order valence-corrected chi connectivity index (χ2v) is 4.18. The normalized spacial score (nSPS) is 10.3. The van der Waals surface area contributed by atoms with Crippen molar-refractivity contribution in [2.75, 3.05) is 0 Å². The number of hydrogen-bond acceptors (Lipinski definition) is 2. The lowest BCUT2D eigenvalue weighted by Crippen LogP contribution is -1.88. The van der Waals surface area contributed by atoms with Crippen molar-refractivity contribution < 1.29 is 4.39 Å². The molecule has 5 heteroatoms. The number of hydrogen-bond donors (Lipinski definition) is 0. The summed E-state index contributed by atoms with van der Waals surface area (Å²) in [5.41, 5.74) is 0.406. The van der Waals surface area contributed by atoms with Crippen molar-refractivity contribution in [1.29, 1.82) is 5.26 Å². The molecule has 0 radical (unpaired) electrons. The summed E-state index contributed by atoms with van der Waals surface area (Å²) in [5, 5.41) is 9.39. The maximum atomic E-state index is 13.4. The monoisotopic (exact) mass is 284 g/mol. The molecule has 0 N–H and O–H groups in total. The summed E-state index contributed by atoms with van der Waals surface area (Å²) in [5.74, 6) is -0.467. The average molecular weight is 286 g/mol. The number of nitrogens with zero attached hydrogens (tertiary/aromatic N) is 2. The number of fused-ring (bicyclic) bond motifs is 1. The minimum Gasteiger partial charge on any atom is -0.252 e. The molecule has 1 aromatic heterocycles. The van der Waals surface area contributed by atoms with Gasteiger partial charge in [0.2, 0.25) is 0 Å². The Balaban J connectivity index is 2.94. The van der Waals surface area contributed by atoms with Gasteiger partial charge in [0, 0.05) is 16.1 Å². The van der Waals surface area contributed by atoms with Crippen LogP contribution in [-0.2, 0) is 0 Å². The van der Waals surface area contributed by atoms with E-state index in [1.165, 1.54) is 12.3 Å². The molecule has 0 bridgehead atoms. The molecule has 1 heterocycles. The Bertz CT molecular complexity index is 592. The first-order chi connectivity index (χ1) is 7.13. The molecule has 2 rings (SSSR count). The van der Waals surface area contributed by atoms with E-state index in [1.807, 2.05) is 6.07 Å². The van der Waals surface area contributed by atoms with E-state index >= 15 is 0 Å². The van der Waals surface area contributed by atoms with Crippen LogP contribution in [0.15, 0.2) is 22.8 Å². The van der Waals surface area contributed by atoms with E-state index in [0.29, 0.717) is 9.86 Å². The molecule has 0 amide bonds. The molecule has 2 aromatic rings. The van der Waals surface area contributed by atoms with E-state index in [-0.39, 0.29) is 16.1 Å². The molecule has 0 aliphatic carbocycles. The highest BCUT2D eigenvalue weighted by Gasteiger charge is 2.10. The van der Waals surface area contributed by atoms with E-state index in [1.54, 1.807) is 6.07 Å². The minimum absolute atomic E-state index is 0.169. The SMILES string of the molecule is N#Cc1cnc2c(F)cc(Br)cc2c1Cl. The second-order valence-electron chi connectivity index (χ2n) is 2.88. The Kier molecular flexibility index (Phi) is 2.59. The van der Waals surface area contributed by atoms with Crippen molar-refractivity contribution >= 4 is 38.4 Å². The van der Waals surface area contributed by atoms with Gasteiger partial charge in [-0.15, -0.1) is 0 Å². The van der Waals surface area contributed by atoms with E-state index in [4.69, 9.17) is 16.9 Å². The highest BCUT2D eigenvalue weighted by Crippen LogP contribution is 2.29. The highest BCUT2D eigenvalue weighted by molar-refractivity contribution is 9.10. The molecule has 0 saturated heterocycles. The summed E-state index contributed by atoms with van der Waals surface area (Å²) in [6.45, 7) is 0. The molecule has 15 heavy (non-hydrogen) atoms. The van der Waals surface area contributed by atoms with Crippen LogP contribution < -0.4 is 0 Å². The van der Waals surface area contributed by atoms with Gasteiger partial charge in [0.05, 0.1) is 10.6 Å². The number of halogens is 3. The van der Waals surface area contributed by atoms with Crippen molar-refractivity contribution in [2.45, 2.75) is 0 Å². The van der Waals surface area contributed by atoms with Gasteiger partial charge in [-0.25, -0.2) is 4.39 Å². The first-order valence-electron chi connectivity index (χ1n) is 3.97. The zero-order valence-electron chi connectivity index (χ0n) is 7.26. The fourth-order valence-electron chi connectivity index (χ4n) is 1.27. The number of aromatic nitrogens is 1.